The van der Waals surface area contributed by atoms with Crippen LogP contribution in [0, 0.1) is 10.8 Å². The first-order valence-electron chi connectivity index (χ1n) is 7.84. The Bertz CT molecular complexity index is 649. The molecule has 1 heterocycles. The monoisotopic (exact) mass is 282 g/mol. The zero-order valence-electron chi connectivity index (χ0n) is 13.6. The van der Waals surface area contributed by atoms with Crippen LogP contribution in [0.4, 0.5) is 0 Å². The van der Waals surface area contributed by atoms with Crippen LogP contribution in [-0.4, -0.2) is 4.98 Å². The summed E-state index contributed by atoms with van der Waals surface area (Å²) in [6, 6.07) is 10.5. The molecule has 1 aliphatic carbocycles. The number of nitrogens with zero attached hydrogens (tertiary/aromatic N) is 1. The average molecular weight is 282 g/mol. The minimum atomic E-state index is -0.293. The number of benzene rings is 1. The molecule has 0 saturated heterocycles. The van der Waals surface area contributed by atoms with Crippen molar-refractivity contribution in [2.45, 2.75) is 52.5 Å². The lowest BCUT2D eigenvalue weighted by Crippen LogP contribution is -2.50. The molecule has 0 unspecified atom stereocenters. The second-order valence-electron chi connectivity index (χ2n) is 8.40. The van der Waals surface area contributed by atoms with Gasteiger partial charge < -0.3 is 5.73 Å². The summed E-state index contributed by atoms with van der Waals surface area (Å²) in [4.78, 5) is 4.62. The van der Waals surface area contributed by atoms with E-state index in [2.05, 4.69) is 56.9 Å². The molecule has 1 aromatic carbocycles. The highest BCUT2D eigenvalue weighted by Crippen LogP contribution is 2.53. The Morgan fingerprint density at radius 2 is 1.52 bits per heavy atom. The van der Waals surface area contributed by atoms with Gasteiger partial charge in [0.1, 0.15) is 0 Å². The van der Waals surface area contributed by atoms with Gasteiger partial charge in [-0.05, 0) is 41.7 Å². The molecule has 21 heavy (non-hydrogen) atoms. The van der Waals surface area contributed by atoms with Crippen LogP contribution in [-0.2, 0) is 5.54 Å². The molecule has 3 rings (SSSR count). The Morgan fingerprint density at radius 3 is 2.19 bits per heavy atom. The summed E-state index contributed by atoms with van der Waals surface area (Å²) in [7, 11) is 0. The number of para-hydroxylation sites is 1. The summed E-state index contributed by atoms with van der Waals surface area (Å²) in [6.45, 7) is 9.37. The smallest absolute Gasteiger partial charge is 0.0752 e. The summed E-state index contributed by atoms with van der Waals surface area (Å²) in [6.07, 6.45) is 5.11. The lowest BCUT2D eigenvalue weighted by molar-refractivity contribution is 0.0477. The zero-order chi connectivity index (χ0) is 15.3. The maximum absolute atomic E-state index is 6.96. The van der Waals surface area contributed by atoms with E-state index in [9.17, 15) is 0 Å². The third-order valence-corrected chi connectivity index (χ3v) is 4.71. The quantitative estimate of drug-likeness (QED) is 0.828. The van der Waals surface area contributed by atoms with E-state index in [1.165, 1.54) is 17.4 Å². The molecule has 2 N–H and O–H groups in total. The number of hydrogen-bond acceptors (Lipinski definition) is 2. The number of fused-ring (bicyclic) bond motifs is 1. The highest BCUT2D eigenvalue weighted by atomic mass is 14.8. The van der Waals surface area contributed by atoms with E-state index in [-0.39, 0.29) is 16.4 Å². The molecule has 0 amide bonds. The molecule has 1 saturated carbocycles. The van der Waals surface area contributed by atoms with Gasteiger partial charge in [-0.2, -0.15) is 0 Å². The summed E-state index contributed by atoms with van der Waals surface area (Å²) in [5.74, 6) is 0. The van der Waals surface area contributed by atoms with Gasteiger partial charge in [-0.1, -0.05) is 52.0 Å². The highest BCUT2D eigenvalue weighted by Gasteiger charge is 2.46. The van der Waals surface area contributed by atoms with Gasteiger partial charge in [-0.3, -0.25) is 4.98 Å². The van der Waals surface area contributed by atoms with Crippen LogP contribution in [0.5, 0.6) is 0 Å². The molecule has 112 valence electrons. The molecule has 1 aromatic heterocycles. The van der Waals surface area contributed by atoms with E-state index >= 15 is 0 Å². The fraction of sp³-hybridized carbons (Fsp3) is 0.526. The SMILES string of the molecule is CC1(C)CC(C)(C)CC(N)(c2cccc3cccnc23)C1. The van der Waals surface area contributed by atoms with Crippen molar-refractivity contribution in [1.29, 1.82) is 0 Å². The van der Waals surface area contributed by atoms with Crippen LogP contribution in [0.2, 0.25) is 0 Å². The Morgan fingerprint density at radius 1 is 0.905 bits per heavy atom. The molecular formula is C19H26N2. The van der Waals surface area contributed by atoms with Gasteiger partial charge in [0, 0.05) is 17.1 Å². The fourth-order valence-electron chi connectivity index (χ4n) is 4.89. The maximum atomic E-state index is 6.96. The Hall–Kier alpha value is -1.41. The fourth-order valence-corrected chi connectivity index (χ4v) is 4.89. The van der Waals surface area contributed by atoms with Gasteiger partial charge in [0.15, 0.2) is 0 Å². The normalized spacial score (nSPS) is 23.1. The minimum absolute atomic E-state index is 0.257. The van der Waals surface area contributed by atoms with Crippen molar-refractivity contribution in [2.24, 2.45) is 16.6 Å². The first-order chi connectivity index (χ1) is 9.71. The number of rotatable bonds is 1. The molecule has 0 bridgehead atoms. The van der Waals surface area contributed by atoms with Crippen LogP contribution >= 0.6 is 0 Å². The zero-order valence-corrected chi connectivity index (χ0v) is 13.6. The Balaban J connectivity index is 2.16. The third-order valence-electron chi connectivity index (χ3n) is 4.71. The lowest BCUT2D eigenvalue weighted by Gasteiger charge is -2.50. The largest absolute Gasteiger partial charge is 0.321 e. The highest BCUT2D eigenvalue weighted by molar-refractivity contribution is 5.82. The van der Waals surface area contributed by atoms with E-state index < -0.39 is 0 Å². The van der Waals surface area contributed by atoms with Gasteiger partial charge in [-0.15, -0.1) is 0 Å². The second kappa shape index (κ2) is 4.54. The van der Waals surface area contributed by atoms with Crippen LogP contribution in [0.1, 0.15) is 52.5 Å². The summed E-state index contributed by atoms with van der Waals surface area (Å²) >= 11 is 0. The summed E-state index contributed by atoms with van der Waals surface area (Å²) in [5.41, 5.74) is 9.46. The van der Waals surface area contributed by atoms with Gasteiger partial charge in [0.2, 0.25) is 0 Å². The van der Waals surface area contributed by atoms with Crippen molar-refractivity contribution in [1.82, 2.24) is 4.98 Å². The first-order valence-corrected chi connectivity index (χ1v) is 7.84. The first kappa shape index (κ1) is 14.5. The molecule has 2 aromatic rings. The molecule has 0 radical (unpaired) electrons. The van der Waals surface area contributed by atoms with Gasteiger partial charge >= 0.3 is 0 Å². The molecule has 0 aliphatic heterocycles. The second-order valence-corrected chi connectivity index (χ2v) is 8.40. The lowest BCUT2D eigenvalue weighted by atomic mass is 9.57. The molecule has 0 spiro atoms. The average Bonchev–Trinajstić information content (AvgIpc) is 2.33. The predicted molar refractivity (Wildman–Crippen MR) is 89.0 cm³/mol. The van der Waals surface area contributed by atoms with Crippen molar-refractivity contribution in [3.63, 3.8) is 0 Å². The topological polar surface area (TPSA) is 38.9 Å². The van der Waals surface area contributed by atoms with E-state index in [0.717, 1.165) is 18.4 Å². The molecule has 2 nitrogen and oxygen atoms in total. The standard InChI is InChI=1S/C19H26N2/c1-17(2)11-18(3,4)13-19(20,12-17)15-9-5-7-14-8-6-10-21-16(14)15/h5-10H,11-13,20H2,1-4H3. The number of pyridine rings is 1. The molecule has 1 fully saturated rings. The summed E-state index contributed by atoms with van der Waals surface area (Å²) in [5, 5.41) is 1.18. The van der Waals surface area contributed by atoms with Crippen molar-refractivity contribution in [3.05, 3.63) is 42.1 Å². The van der Waals surface area contributed by atoms with Crippen molar-refractivity contribution >= 4 is 10.9 Å². The van der Waals surface area contributed by atoms with E-state index in [1.54, 1.807) is 0 Å². The molecule has 0 atom stereocenters. The third kappa shape index (κ3) is 2.69. The maximum Gasteiger partial charge on any atom is 0.0752 e. The van der Waals surface area contributed by atoms with Crippen molar-refractivity contribution in [3.8, 4) is 0 Å². The van der Waals surface area contributed by atoms with E-state index in [1.807, 2.05) is 12.3 Å². The minimum Gasteiger partial charge on any atom is -0.321 e. The van der Waals surface area contributed by atoms with Gasteiger partial charge in [-0.25, -0.2) is 0 Å². The Kier molecular flexibility index (Phi) is 3.14. The van der Waals surface area contributed by atoms with Crippen LogP contribution in [0.15, 0.2) is 36.5 Å². The van der Waals surface area contributed by atoms with Crippen molar-refractivity contribution < 1.29 is 0 Å². The van der Waals surface area contributed by atoms with Crippen LogP contribution in [0.25, 0.3) is 10.9 Å². The number of nitrogens with two attached hydrogens (primary N) is 1. The van der Waals surface area contributed by atoms with Gasteiger partial charge in [0.05, 0.1) is 5.52 Å². The van der Waals surface area contributed by atoms with Crippen molar-refractivity contribution in [2.75, 3.05) is 0 Å². The summed E-state index contributed by atoms with van der Waals surface area (Å²) < 4.78 is 0. The van der Waals surface area contributed by atoms with Crippen LogP contribution in [0.3, 0.4) is 0 Å². The molecule has 1 aliphatic rings. The van der Waals surface area contributed by atoms with Crippen LogP contribution < -0.4 is 5.73 Å². The molecular weight excluding hydrogens is 256 g/mol. The number of aromatic nitrogens is 1. The van der Waals surface area contributed by atoms with E-state index in [0.29, 0.717) is 0 Å². The van der Waals surface area contributed by atoms with E-state index in [4.69, 9.17) is 5.73 Å². The Labute approximate surface area is 127 Å². The molecule has 2 heteroatoms. The van der Waals surface area contributed by atoms with Gasteiger partial charge in [0.25, 0.3) is 0 Å². The predicted octanol–water partition coefficient (Wildman–Crippen LogP) is 4.63. The number of hydrogen-bond donors (Lipinski definition) is 1.